The molecule has 1 nitrogen and oxygen atoms in total. The van der Waals surface area contributed by atoms with Gasteiger partial charge in [-0.05, 0) is 30.4 Å². The molecule has 1 atom stereocenters. The largest absolute Gasteiger partial charge is 0.327 e. The molecule has 1 aromatic rings. The summed E-state index contributed by atoms with van der Waals surface area (Å²) in [4.78, 5) is 0. The molecule has 90 valence electrons. The van der Waals surface area contributed by atoms with Gasteiger partial charge in [-0.2, -0.15) is 0 Å². The lowest BCUT2D eigenvalue weighted by molar-refractivity contribution is 0.574. The van der Waals surface area contributed by atoms with Gasteiger partial charge < -0.3 is 5.73 Å². The van der Waals surface area contributed by atoms with Crippen LogP contribution in [0.25, 0.3) is 0 Å². The van der Waals surface area contributed by atoms with Crippen molar-refractivity contribution < 1.29 is 0 Å². The van der Waals surface area contributed by atoms with Crippen LogP contribution in [0, 0.1) is 0 Å². The van der Waals surface area contributed by atoms with Crippen LogP contribution in [0.5, 0.6) is 0 Å². The zero-order valence-corrected chi connectivity index (χ0v) is 10.7. The SMILES string of the molecule is CCCCC(N)Cc1ccc(CCC)cc1. The van der Waals surface area contributed by atoms with Crippen molar-refractivity contribution in [1.29, 1.82) is 0 Å². The summed E-state index contributed by atoms with van der Waals surface area (Å²) in [6.45, 7) is 4.43. The van der Waals surface area contributed by atoms with Crippen LogP contribution in [0.1, 0.15) is 50.7 Å². The van der Waals surface area contributed by atoms with Crippen LogP contribution in [0.2, 0.25) is 0 Å². The molecule has 1 heteroatoms. The third-order valence-electron chi connectivity index (χ3n) is 2.99. The standard InChI is InChI=1S/C15H25N/c1-3-5-7-15(16)12-14-10-8-13(6-4-2)9-11-14/h8-11,15H,3-7,12,16H2,1-2H3. The molecule has 0 heterocycles. The van der Waals surface area contributed by atoms with Gasteiger partial charge in [0, 0.05) is 6.04 Å². The van der Waals surface area contributed by atoms with Gasteiger partial charge >= 0.3 is 0 Å². The van der Waals surface area contributed by atoms with E-state index in [9.17, 15) is 0 Å². The summed E-state index contributed by atoms with van der Waals surface area (Å²) in [5.74, 6) is 0. The summed E-state index contributed by atoms with van der Waals surface area (Å²) in [6.07, 6.45) is 7.05. The number of hydrogen-bond donors (Lipinski definition) is 1. The Bertz CT molecular complexity index is 276. The molecule has 2 N–H and O–H groups in total. The van der Waals surface area contributed by atoms with Crippen LogP contribution in [-0.2, 0) is 12.8 Å². The second kappa shape index (κ2) is 7.45. The minimum absolute atomic E-state index is 0.331. The van der Waals surface area contributed by atoms with Gasteiger partial charge in [-0.1, -0.05) is 57.4 Å². The molecule has 0 aromatic heterocycles. The normalized spacial score (nSPS) is 12.7. The predicted octanol–water partition coefficient (Wildman–Crippen LogP) is 3.70. The molecule has 0 aliphatic rings. The first-order valence-electron chi connectivity index (χ1n) is 6.59. The van der Waals surface area contributed by atoms with Crippen LogP contribution in [-0.4, -0.2) is 6.04 Å². The van der Waals surface area contributed by atoms with E-state index in [0.717, 1.165) is 12.8 Å². The number of unbranched alkanes of at least 4 members (excludes halogenated alkanes) is 1. The van der Waals surface area contributed by atoms with E-state index in [1.54, 1.807) is 0 Å². The molecule has 0 aliphatic heterocycles. The Hall–Kier alpha value is -0.820. The quantitative estimate of drug-likeness (QED) is 0.743. The Kier molecular flexibility index (Phi) is 6.17. The molecule has 16 heavy (non-hydrogen) atoms. The van der Waals surface area contributed by atoms with E-state index in [1.807, 2.05) is 0 Å². The first kappa shape index (κ1) is 13.2. The highest BCUT2D eigenvalue weighted by atomic mass is 14.6. The summed E-state index contributed by atoms with van der Waals surface area (Å²) < 4.78 is 0. The van der Waals surface area contributed by atoms with Crippen LogP contribution in [0.15, 0.2) is 24.3 Å². The topological polar surface area (TPSA) is 26.0 Å². The van der Waals surface area contributed by atoms with E-state index in [-0.39, 0.29) is 0 Å². The van der Waals surface area contributed by atoms with Crippen LogP contribution < -0.4 is 5.73 Å². The highest BCUT2D eigenvalue weighted by Gasteiger charge is 2.03. The summed E-state index contributed by atoms with van der Waals surface area (Å²) in [6, 6.07) is 9.28. The van der Waals surface area contributed by atoms with Crippen LogP contribution in [0.3, 0.4) is 0 Å². The molecular weight excluding hydrogens is 194 g/mol. The van der Waals surface area contributed by atoms with Crippen molar-refractivity contribution in [3.05, 3.63) is 35.4 Å². The summed E-state index contributed by atoms with van der Waals surface area (Å²) >= 11 is 0. The number of benzene rings is 1. The molecule has 0 spiro atoms. The average molecular weight is 219 g/mol. The van der Waals surface area contributed by atoms with Crippen molar-refractivity contribution in [3.63, 3.8) is 0 Å². The number of rotatable bonds is 7. The smallest absolute Gasteiger partial charge is 0.00793 e. The maximum atomic E-state index is 6.09. The van der Waals surface area contributed by atoms with Gasteiger partial charge in [0.2, 0.25) is 0 Å². The molecule has 1 aromatic carbocycles. The maximum Gasteiger partial charge on any atom is 0.00793 e. The van der Waals surface area contributed by atoms with Gasteiger partial charge in [-0.3, -0.25) is 0 Å². The third kappa shape index (κ3) is 4.80. The van der Waals surface area contributed by atoms with E-state index in [0.29, 0.717) is 6.04 Å². The minimum atomic E-state index is 0.331. The second-order valence-electron chi connectivity index (χ2n) is 4.67. The fourth-order valence-electron chi connectivity index (χ4n) is 2.00. The molecule has 0 radical (unpaired) electrons. The molecule has 1 unspecified atom stereocenters. The highest BCUT2D eigenvalue weighted by molar-refractivity contribution is 5.23. The average Bonchev–Trinajstić information content (AvgIpc) is 2.29. The fourth-order valence-corrected chi connectivity index (χ4v) is 2.00. The lowest BCUT2D eigenvalue weighted by Crippen LogP contribution is -2.22. The Balaban J connectivity index is 2.41. The van der Waals surface area contributed by atoms with Crippen LogP contribution in [0.4, 0.5) is 0 Å². The molecule has 0 amide bonds. The van der Waals surface area contributed by atoms with Crippen molar-refractivity contribution in [1.82, 2.24) is 0 Å². The third-order valence-corrected chi connectivity index (χ3v) is 2.99. The van der Waals surface area contributed by atoms with Gasteiger partial charge in [-0.15, -0.1) is 0 Å². The summed E-state index contributed by atoms with van der Waals surface area (Å²) in [7, 11) is 0. The Labute approximate surface area is 100 Å². The van der Waals surface area contributed by atoms with Crippen molar-refractivity contribution >= 4 is 0 Å². The van der Waals surface area contributed by atoms with E-state index in [2.05, 4.69) is 38.1 Å². The van der Waals surface area contributed by atoms with E-state index >= 15 is 0 Å². The van der Waals surface area contributed by atoms with Crippen molar-refractivity contribution in [2.75, 3.05) is 0 Å². The number of nitrogens with two attached hydrogens (primary N) is 1. The zero-order valence-electron chi connectivity index (χ0n) is 10.7. The Morgan fingerprint density at radius 3 is 2.19 bits per heavy atom. The fraction of sp³-hybridized carbons (Fsp3) is 0.600. The monoisotopic (exact) mass is 219 g/mol. The number of hydrogen-bond acceptors (Lipinski definition) is 1. The Morgan fingerprint density at radius 2 is 1.62 bits per heavy atom. The predicted molar refractivity (Wildman–Crippen MR) is 71.6 cm³/mol. The molecule has 0 fully saturated rings. The van der Waals surface area contributed by atoms with Gasteiger partial charge in [-0.25, -0.2) is 0 Å². The highest BCUT2D eigenvalue weighted by Crippen LogP contribution is 2.10. The number of aryl methyl sites for hydroxylation is 1. The maximum absolute atomic E-state index is 6.09. The van der Waals surface area contributed by atoms with E-state index < -0.39 is 0 Å². The van der Waals surface area contributed by atoms with E-state index in [4.69, 9.17) is 5.73 Å². The zero-order chi connectivity index (χ0) is 11.8. The summed E-state index contributed by atoms with van der Waals surface area (Å²) in [5.41, 5.74) is 8.91. The molecule has 0 aliphatic carbocycles. The van der Waals surface area contributed by atoms with Crippen molar-refractivity contribution in [2.24, 2.45) is 5.73 Å². The van der Waals surface area contributed by atoms with Crippen molar-refractivity contribution in [3.8, 4) is 0 Å². The lowest BCUT2D eigenvalue weighted by Gasteiger charge is -2.11. The molecule has 0 saturated heterocycles. The van der Waals surface area contributed by atoms with Gasteiger partial charge in [0.25, 0.3) is 0 Å². The first-order chi connectivity index (χ1) is 7.76. The first-order valence-corrected chi connectivity index (χ1v) is 6.59. The summed E-state index contributed by atoms with van der Waals surface area (Å²) in [5, 5.41) is 0. The van der Waals surface area contributed by atoms with Crippen molar-refractivity contribution in [2.45, 2.75) is 58.4 Å². The van der Waals surface area contributed by atoms with Crippen LogP contribution >= 0.6 is 0 Å². The Morgan fingerprint density at radius 1 is 1.00 bits per heavy atom. The lowest BCUT2D eigenvalue weighted by atomic mass is 10.00. The van der Waals surface area contributed by atoms with Gasteiger partial charge in [0.05, 0.1) is 0 Å². The van der Waals surface area contributed by atoms with Gasteiger partial charge in [0.1, 0.15) is 0 Å². The second-order valence-corrected chi connectivity index (χ2v) is 4.67. The molecular formula is C15H25N. The molecule has 0 bridgehead atoms. The van der Waals surface area contributed by atoms with Gasteiger partial charge in [0.15, 0.2) is 0 Å². The van der Waals surface area contributed by atoms with E-state index in [1.165, 1.54) is 36.8 Å². The molecule has 0 saturated carbocycles. The minimum Gasteiger partial charge on any atom is -0.327 e. The molecule has 1 rings (SSSR count).